The number of benzene rings is 8. The van der Waals surface area contributed by atoms with Crippen LogP contribution in [0.1, 0.15) is 0 Å². The van der Waals surface area contributed by atoms with E-state index in [0.717, 1.165) is 61.0 Å². The van der Waals surface area contributed by atoms with E-state index in [1.807, 2.05) is 42.5 Å². The fraction of sp³-hybridized carbons (Fsp3) is 0. The van der Waals surface area contributed by atoms with Crippen LogP contribution in [0.15, 0.2) is 176 Å². The van der Waals surface area contributed by atoms with Gasteiger partial charge in [0, 0.05) is 49.6 Å². The second-order valence-electron chi connectivity index (χ2n) is 13.9. The third-order valence-electron chi connectivity index (χ3n) is 11.1. The summed E-state index contributed by atoms with van der Waals surface area (Å²) in [5, 5.41) is 6.99. The van der Waals surface area contributed by atoms with Crippen LogP contribution in [0.4, 0.5) is 11.4 Å². The Morgan fingerprint density at radius 2 is 0.782 bits per heavy atom. The lowest BCUT2D eigenvalue weighted by molar-refractivity contribution is 1.15. The maximum Gasteiger partial charge on any atom is 0.189 e. The third-order valence-corrected chi connectivity index (χ3v) is 11.1. The molecule has 5 nitrogen and oxygen atoms in total. The lowest BCUT2D eigenvalue weighted by atomic mass is 10.0. The molecular formula is C50H29N5. The van der Waals surface area contributed by atoms with Gasteiger partial charge in [-0.2, -0.15) is 0 Å². The lowest BCUT2D eigenvalue weighted by Crippen LogP contribution is -1.98. The van der Waals surface area contributed by atoms with E-state index < -0.39 is 0 Å². The molecule has 11 rings (SSSR count). The van der Waals surface area contributed by atoms with Crippen molar-refractivity contribution < 1.29 is 0 Å². The third kappa shape index (κ3) is 4.51. The molecule has 11 aromatic rings. The average molecular weight is 700 g/mol. The Kier molecular flexibility index (Phi) is 6.61. The van der Waals surface area contributed by atoms with Crippen LogP contribution in [-0.2, 0) is 0 Å². The summed E-state index contributed by atoms with van der Waals surface area (Å²) < 4.78 is 6.98. The molecule has 0 aliphatic rings. The van der Waals surface area contributed by atoms with Gasteiger partial charge in [0.15, 0.2) is 11.4 Å². The second-order valence-corrected chi connectivity index (χ2v) is 13.9. The molecule has 0 saturated heterocycles. The maximum atomic E-state index is 7.88. The number of hydrogen-bond donors (Lipinski definition) is 0. The standard InChI is InChI=1S/C50H29N5/c1-51-33-22-28-48-43(29-33)41-14-6-10-18-47(41)55(48)49-30-34(52-2)21-26-37(49)32-19-23-35(24-20-32)53-44-15-7-5-13-40(44)42-27-25-36(31-50(42)53)54-45-16-8-3-11-38(45)39-12-4-9-17-46(39)54/h3-31H. The van der Waals surface area contributed by atoms with Crippen LogP contribution >= 0.6 is 0 Å². The van der Waals surface area contributed by atoms with Gasteiger partial charge in [0.1, 0.15) is 0 Å². The van der Waals surface area contributed by atoms with E-state index in [1.54, 1.807) is 0 Å². The number of rotatable bonds is 4. The average Bonchev–Trinajstić information content (AvgIpc) is 3.88. The van der Waals surface area contributed by atoms with Gasteiger partial charge in [-0.1, -0.05) is 109 Å². The van der Waals surface area contributed by atoms with Gasteiger partial charge in [0.05, 0.1) is 46.2 Å². The van der Waals surface area contributed by atoms with E-state index in [9.17, 15) is 0 Å². The Hall–Kier alpha value is -7.86. The highest BCUT2D eigenvalue weighted by Crippen LogP contribution is 2.41. The van der Waals surface area contributed by atoms with Gasteiger partial charge in [-0.15, -0.1) is 0 Å². The zero-order chi connectivity index (χ0) is 36.6. The molecule has 3 aromatic heterocycles. The minimum absolute atomic E-state index is 0.573. The number of fused-ring (bicyclic) bond motifs is 9. The van der Waals surface area contributed by atoms with Crippen molar-refractivity contribution in [2.75, 3.05) is 0 Å². The zero-order valence-corrected chi connectivity index (χ0v) is 29.5. The van der Waals surface area contributed by atoms with Gasteiger partial charge >= 0.3 is 0 Å². The van der Waals surface area contributed by atoms with Crippen LogP contribution in [0, 0.1) is 13.1 Å². The van der Waals surface area contributed by atoms with Crippen molar-refractivity contribution in [2.24, 2.45) is 0 Å². The van der Waals surface area contributed by atoms with Crippen molar-refractivity contribution in [3.8, 4) is 28.2 Å². The predicted molar refractivity (Wildman–Crippen MR) is 227 cm³/mol. The summed E-state index contributed by atoms with van der Waals surface area (Å²) in [6, 6.07) is 61.6. The Morgan fingerprint density at radius 3 is 1.38 bits per heavy atom. The molecule has 254 valence electrons. The first-order chi connectivity index (χ1) is 27.2. The maximum absolute atomic E-state index is 7.88. The normalized spacial score (nSPS) is 11.6. The molecule has 5 heteroatoms. The largest absolute Gasteiger partial charge is 0.310 e. The minimum atomic E-state index is 0.573. The smallest absolute Gasteiger partial charge is 0.189 e. The monoisotopic (exact) mass is 699 g/mol. The molecule has 0 aliphatic carbocycles. The molecule has 0 aliphatic heterocycles. The second kappa shape index (κ2) is 11.8. The molecule has 0 saturated carbocycles. The number of hydrogen-bond acceptors (Lipinski definition) is 0. The Labute approximate surface area is 316 Å². The fourth-order valence-electron chi connectivity index (χ4n) is 8.68. The first-order valence-corrected chi connectivity index (χ1v) is 18.3. The van der Waals surface area contributed by atoms with Crippen LogP contribution < -0.4 is 0 Å². The van der Waals surface area contributed by atoms with Crippen molar-refractivity contribution in [1.82, 2.24) is 13.7 Å². The van der Waals surface area contributed by atoms with Crippen molar-refractivity contribution in [2.45, 2.75) is 0 Å². The first kappa shape index (κ1) is 30.7. The van der Waals surface area contributed by atoms with E-state index >= 15 is 0 Å². The van der Waals surface area contributed by atoms with E-state index in [2.05, 4.69) is 157 Å². The van der Waals surface area contributed by atoms with Gasteiger partial charge in [-0.3, -0.25) is 0 Å². The quantitative estimate of drug-likeness (QED) is 0.163. The summed E-state index contributed by atoms with van der Waals surface area (Å²) >= 11 is 0. The summed E-state index contributed by atoms with van der Waals surface area (Å²) in [6.45, 7) is 15.5. The molecule has 0 unspecified atom stereocenters. The van der Waals surface area contributed by atoms with Gasteiger partial charge in [-0.25, -0.2) is 9.69 Å². The molecule has 0 atom stereocenters. The van der Waals surface area contributed by atoms with Gasteiger partial charge in [0.2, 0.25) is 0 Å². The SMILES string of the molecule is [C-]#[N+]c1ccc(-c2ccc(-n3c4ccccc4c4ccc(-n5c6ccccc6c6ccccc65)cc43)cc2)c(-n2c3ccccc3c3cc([N+]#[C-])ccc32)c1. The van der Waals surface area contributed by atoms with E-state index in [1.165, 1.54) is 32.6 Å². The molecular weight excluding hydrogens is 671 g/mol. The molecule has 0 bridgehead atoms. The summed E-state index contributed by atoms with van der Waals surface area (Å²) in [5.41, 5.74) is 13.0. The molecule has 3 heterocycles. The number of nitrogens with zero attached hydrogens (tertiary/aromatic N) is 5. The van der Waals surface area contributed by atoms with Crippen molar-refractivity contribution >= 4 is 76.8 Å². The molecule has 0 amide bonds. The minimum Gasteiger partial charge on any atom is -0.310 e. The van der Waals surface area contributed by atoms with Crippen LogP contribution in [0.2, 0.25) is 0 Å². The van der Waals surface area contributed by atoms with Gasteiger partial charge < -0.3 is 13.7 Å². The Morgan fingerprint density at radius 1 is 0.327 bits per heavy atom. The summed E-state index contributed by atoms with van der Waals surface area (Å²) in [4.78, 5) is 7.53. The Balaban J connectivity index is 1.10. The van der Waals surface area contributed by atoms with Gasteiger partial charge in [-0.05, 0) is 77.7 Å². The highest BCUT2D eigenvalue weighted by molar-refractivity contribution is 6.13. The van der Waals surface area contributed by atoms with E-state index in [0.29, 0.717) is 11.4 Å². The van der Waals surface area contributed by atoms with E-state index in [-0.39, 0.29) is 0 Å². The number of para-hydroxylation sites is 4. The van der Waals surface area contributed by atoms with Crippen molar-refractivity contribution in [3.63, 3.8) is 0 Å². The predicted octanol–water partition coefficient (Wildman–Crippen LogP) is 13.7. The zero-order valence-electron chi connectivity index (χ0n) is 29.5. The topological polar surface area (TPSA) is 23.5 Å². The lowest BCUT2D eigenvalue weighted by Gasteiger charge is -2.16. The van der Waals surface area contributed by atoms with Gasteiger partial charge in [0.25, 0.3) is 0 Å². The highest BCUT2D eigenvalue weighted by Gasteiger charge is 2.19. The molecule has 0 fully saturated rings. The van der Waals surface area contributed by atoms with Crippen molar-refractivity contribution in [3.05, 3.63) is 199 Å². The van der Waals surface area contributed by atoms with Crippen LogP contribution in [0.5, 0.6) is 0 Å². The van der Waals surface area contributed by atoms with E-state index in [4.69, 9.17) is 13.1 Å². The molecule has 55 heavy (non-hydrogen) atoms. The van der Waals surface area contributed by atoms with Crippen LogP contribution in [0.3, 0.4) is 0 Å². The molecule has 0 radical (unpaired) electrons. The first-order valence-electron chi connectivity index (χ1n) is 18.3. The van der Waals surface area contributed by atoms with Crippen LogP contribution in [0.25, 0.3) is 103 Å². The fourth-order valence-corrected chi connectivity index (χ4v) is 8.68. The van der Waals surface area contributed by atoms with Crippen molar-refractivity contribution in [1.29, 1.82) is 0 Å². The number of aromatic nitrogens is 3. The summed E-state index contributed by atoms with van der Waals surface area (Å²) in [7, 11) is 0. The van der Waals surface area contributed by atoms with Crippen LogP contribution in [-0.4, -0.2) is 13.7 Å². The Bertz CT molecular complexity index is 3400. The molecule has 0 spiro atoms. The summed E-state index contributed by atoms with van der Waals surface area (Å²) in [6.07, 6.45) is 0. The molecule has 0 N–H and O–H groups in total. The summed E-state index contributed by atoms with van der Waals surface area (Å²) in [5.74, 6) is 0. The molecule has 8 aromatic carbocycles. The highest BCUT2D eigenvalue weighted by atomic mass is 15.0.